The first-order chi connectivity index (χ1) is 9.54. The van der Waals surface area contributed by atoms with Crippen LogP contribution in [0.4, 0.5) is 4.39 Å². The van der Waals surface area contributed by atoms with Crippen LogP contribution in [0.25, 0.3) is 0 Å². The molecule has 1 rings (SSSR count). The molecule has 0 aliphatic carbocycles. The lowest BCUT2D eigenvalue weighted by Gasteiger charge is -2.31. The molecule has 0 saturated carbocycles. The lowest BCUT2D eigenvalue weighted by Crippen LogP contribution is -2.40. The first kappa shape index (κ1) is 17.1. The largest absolute Gasteiger partial charge is 0.395 e. The fraction of sp³-hybridized carbons (Fsp3) is 0.625. The summed E-state index contributed by atoms with van der Waals surface area (Å²) in [5.74, 6) is 0.296. The van der Waals surface area contributed by atoms with Crippen LogP contribution in [0, 0.1) is 11.7 Å². The molecule has 0 amide bonds. The zero-order chi connectivity index (χ0) is 15.0. The molecule has 1 aromatic carbocycles. The van der Waals surface area contributed by atoms with Crippen molar-refractivity contribution in [3.63, 3.8) is 0 Å². The van der Waals surface area contributed by atoms with E-state index in [0.29, 0.717) is 25.6 Å². The van der Waals surface area contributed by atoms with Crippen molar-refractivity contribution in [1.82, 2.24) is 0 Å². The van der Waals surface area contributed by atoms with E-state index in [1.165, 1.54) is 12.1 Å². The SMILES string of the molecule is CC(C)CCOCCC(CN)(CO)c1cccc(F)c1. The zero-order valence-electron chi connectivity index (χ0n) is 12.4. The fourth-order valence-corrected chi connectivity index (χ4v) is 2.11. The van der Waals surface area contributed by atoms with Gasteiger partial charge in [-0.25, -0.2) is 4.39 Å². The maximum atomic E-state index is 13.3. The molecule has 114 valence electrons. The Morgan fingerprint density at radius 1 is 1.35 bits per heavy atom. The molecule has 3 N–H and O–H groups in total. The third-order valence-electron chi connectivity index (χ3n) is 3.69. The predicted octanol–water partition coefficient (Wildman–Crippen LogP) is 2.47. The van der Waals surface area contributed by atoms with Gasteiger partial charge in [0.2, 0.25) is 0 Å². The lowest BCUT2D eigenvalue weighted by atomic mass is 9.78. The summed E-state index contributed by atoms with van der Waals surface area (Å²) in [5.41, 5.74) is 5.93. The monoisotopic (exact) mass is 283 g/mol. The molecule has 1 aromatic rings. The van der Waals surface area contributed by atoms with Crippen molar-refractivity contribution < 1.29 is 14.2 Å². The van der Waals surface area contributed by atoms with Gasteiger partial charge in [-0.1, -0.05) is 26.0 Å². The van der Waals surface area contributed by atoms with Crippen LogP contribution in [0.5, 0.6) is 0 Å². The first-order valence-electron chi connectivity index (χ1n) is 7.19. The molecule has 0 heterocycles. The van der Waals surface area contributed by atoms with E-state index >= 15 is 0 Å². The van der Waals surface area contributed by atoms with Gasteiger partial charge in [-0.05, 0) is 36.5 Å². The Morgan fingerprint density at radius 3 is 2.65 bits per heavy atom. The van der Waals surface area contributed by atoms with Crippen LogP contribution in [0.15, 0.2) is 24.3 Å². The van der Waals surface area contributed by atoms with E-state index in [-0.39, 0.29) is 19.0 Å². The molecule has 0 fully saturated rings. The molecular formula is C16H26FNO2. The molecule has 0 radical (unpaired) electrons. The second-order valence-corrected chi connectivity index (χ2v) is 5.70. The van der Waals surface area contributed by atoms with Gasteiger partial charge in [0.1, 0.15) is 5.82 Å². The molecule has 1 unspecified atom stereocenters. The lowest BCUT2D eigenvalue weighted by molar-refractivity contribution is 0.0883. The Balaban J connectivity index is 2.63. The summed E-state index contributed by atoms with van der Waals surface area (Å²) in [4.78, 5) is 0. The van der Waals surface area contributed by atoms with Crippen molar-refractivity contribution in [2.75, 3.05) is 26.4 Å². The fourth-order valence-electron chi connectivity index (χ4n) is 2.11. The van der Waals surface area contributed by atoms with Crippen molar-refractivity contribution in [1.29, 1.82) is 0 Å². The summed E-state index contributed by atoms with van der Waals surface area (Å²) in [6.07, 6.45) is 1.59. The summed E-state index contributed by atoms with van der Waals surface area (Å²) < 4.78 is 18.9. The highest BCUT2D eigenvalue weighted by Crippen LogP contribution is 2.27. The summed E-state index contributed by atoms with van der Waals surface area (Å²) in [7, 11) is 0. The van der Waals surface area contributed by atoms with E-state index in [1.54, 1.807) is 12.1 Å². The quantitative estimate of drug-likeness (QED) is 0.685. The number of aliphatic hydroxyl groups excluding tert-OH is 1. The van der Waals surface area contributed by atoms with Crippen LogP contribution in [0.3, 0.4) is 0 Å². The van der Waals surface area contributed by atoms with Crippen molar-refractivity contribution in [2.45, 2.75) is 32.1 Å². The van der Waals surface area contributed by atoms with E-state index in [4.69, 9.17) is 10.5 Å². The third-order valence-corrected chi connectivity index (χ3v) is 3.69. The zero-order valence-corrected chi connectivity index (χ0v) is 12.4. The normalized spacial score (nSPS) is 14.5. The van der Waals surface area contributed by atoms with Crippen molar-refractivity contribution in [3.8, 4) is 0 Å². The van der Waals surface area contributed by atoms with Gasteiger partial charge in [-0.2, -0.15) is 0 Å². The number of benzene rings is 1. The van der Waals surface area contributed by atoms with E-state index in [0.717, 1.165) is 12.0 Å². The van der Waals surface area contributed by atoms with Gasteiger partial charge in [0.25, 0.3) is 0 Å². The third kappa shape index (κ3) is 4.85. The average Bonchev–Trinajstić information content (AvgIpc) is 2.43. The van der Waals surface area contributed by atoms with E-state index in [2.05, 4.69) is 13.8 Å². The number of hydrogen-bond donors (Lipinski definition) is 2. The van der Waals surface area contributed by atoms with E-state index < -0.39 is 5.41 Å². The summed E-state index contributed by atoms with van der Waals surface area (Å²) >= 11 is 0. The predicted molar refractivity (Wildman–Crippen MR) is 79.1 cm³/mol. The highest BCUT2D eigenvalue weighted by atomic mass is 19.1. The van der Waals surface area contributed by atoms with Crippen molar-refractivity contribution in [2.24, 2.45) is 11.7 Å². The van der Waals surface area contributed by atoms with Gasteiger partial charge in [0.05, 0.1) is 6.61 Å². The van der Waals surface area contributed by atoms with Gasteiger partial charge < -0.3 is 15.6 Å². The maximum Gasteiger partial charge on any atom is 0.123 e. The number of hydrogen-bond acceptors (Lipinski definition) is 3. The molecule has 20 heavy (non-hydrogen) atoms. The van der Waals surface area contributed by atoms with Crippen LogP contribution in [0.1, 0.15) is 32.3 Å². The van der Waals surface area contributed by atoms with Gasteiger partial charge in [-0.3, -0.25) is 0 Å². The molecule has 4 heteroatoms. The van der Waals surface area contributed by atoms with Crippen LogP contribution >= 0.6 is 0 Å². The minimum Gasteiger partial charge on any atom is -0.395 e. The topological polar surface area (TPSA) is 55.5 Å². The van der Waals surface area contributed by atoms with Crippen LogP contribution in [0.2, 0.25) is 0 Å². The van der Waals surface area contributed by atoms with E-state index in [9.17, 15) is 9.50 Å². The molecule has 0 bridgehead atoms. The Kier molecular flexibility index (Phi) is 7.13. The second-order valence-electron chi connectivity index (χ2n) is 5.70. The molecule has 3 nitrogen and oxygen atoms in total. The maximum absolute atomic E-state index is 13.3. The van der Waals surface area contributed by atoms with Crippen LogP contribution in [-0.4, -0.2) is 31.5 Å². The molecular weight excluding hydrogens is 257 g/mol. The molecule has 0 spiro atoms. The molecule has 0 aliphatic rings. The first-order valence-corrected chi connectivity index (χ1v) is 7.19. The number of nitrogens with two attached hydrogens (primary N) is 1. The van der Waals surface area contributed by atoms with Gasteiger partial charge in [0.15, 0.2) is 0 Å². The standard InChI is InChI=1S/C16H26FNO2/c1-13(2)6-8-20-9-7-16(11-18,12-19)14-4-3-5-15(17)10-14/h3-5,10,13,19H,6-9,11-12,18H2,1-2H3. The highest BCUT2D eigenvalue weighted by molar-refractivity contribution is 5.27. The number of aliphatic hydroxyl groups is 1. The van der Waals surface area contributed by atoms with Gasteiger partial charge >= 0.3 is 0 Å². The average molecular weight is 283 g/mol. The molecule has 0 saturated heterocycles. The van der Waals surface area contributed by atoms with Crippen molar-refractivity contribution in [3.05, 3.63) is 35.6 Å². The van der Waals surface area contributed by atoms with E-state index in [1.807, 2.05) is 0 Å². The van der Waals surface area contributed by atoms with Crippen molar-refractivity contribution >= 4 is 0 Å². The summed E-state index contributed by atoms with van der Waals surface area (Å²) in [6.45, 7) is 5.66. The summed E-state index contributed by atoms with van der Waals surface area (Å²) in [5, 5.41) is 9.71. The smallest absolute Gasteiger partial charge is 0.123 e. The minimum atomic E-state index is -0.625. The molecule has 0 aliphatic heterocycles. The van der Waals surface area contributed by atoms with Crippen LogP contribution < -0.4 is 5.73 Å². The number of halogens is 1. The Hall–Kier alpha value is -0.970. The molecule has 0 aromatic heterocycles. The van der Waals surface area contributed by atoms with Gasteiger partial charge in [0, 0.05) is 25.2 Å². The van der Waals surface area contributed by atoms with Gasteiger partial charge in [-0.15, -0.1) is 0 Å². The number of rotatable bonds is 9. The number of ether oxygens (including phenoxy) is 1. The summed E-state index contributed by atoms with van der Waals surface area (Å²) in [6, 6.07) is 6.28. The Bertz CT molecular complexity index is 392. The van der Waals surface area contributed by atoms with Crippen LogP contribution in [-0.2, 0) is 10.2 Å². The highest BCUT2D eigenvalue weighted by Gasteiger charge is 2.30. The second kappa shape index (κ2) is 8.35. The molecule has 1 atom stereocenters. The minimum absolute atomic E-state index is 0.111. The Morgan fingerprint density at radius 2 is 2.10 bits per heavy atom. The Labute approximate surface area is 120 Å².